The maximum atomic E-state index is 11.4. The van der Waals surface area contributed by atoms with Gasteiger partial charge in [0.05, 0.1) is 0 Å². The molecule has 0 aromatic heterocycles. The zero-order chi connectivity index (χ0) is 10.8. The van der Waals surface area contributed by atoms with E-state index in [0.717, 1.165) is 12.8 Å². The van der Waals surface area contributed by atoms with E-state index in [9.17, 15) is 4.79 Å². The fourth-order valence-corrected chi connectivity index (χ4v) is 2.51. The number of alkyl carbamates (subject to hydrolysis) is 1. The van der Waals surface area contributed by atoms with Crippen molar-refractivity contribution in [3.8, 4) is 0 Å². The Morgan fingerprint density at radius 1 is 1.43 bits per heavy atom. The molecule has 0 heterocycles. The quantitative estimate of drug-likeness (QED) is 0.597. The molecule has 0 radical (unpaired) electrons. The minimum absolute atomic E-state index is 0.284. The van der Waals surface area contributed by atoms with Crippen LogP contribution >= 0.6 is 22.6 Å². The van der Waals surface area contributed by atoms with Gasteiger partial charge in [-0.25, -0.2) is 4.79 Å². The van der Waals surface area contributed by atoms with E-state index in [1.165, 1.54) is 6.42 Å². The lowest BCUT2D eigenvalue weighted by atomic mass is 10.2. The van der Waals surface area contributed by atoms with Crippen molar-refractivity contribution in [1.29, 1.82) is 0 Å². The van der Waals surface area contributed by atoms with E-state index in [2.05, 4.69) is 27.9 Å². The number of hydrogen-bond acceptors (Lipinski definition) is 2. The largest absolute Gasteiger partial charge is 0.444 e. The van der Waals surface area contributed by atoms with Crippen molar-refractivity contribution >= 4 is 28.7 Å². The summed E-state index contributed by atoms with van der Waals surface area (Å²) in [6, 6.07) is 0.312. The van der Waals surface area contributed by atoms with Crippen LogP contribution in [-0.2, 0) is 4.74 Å². The normalized spacial score (nSPS) is 27.4. The number of ether oxygens (including phenoxy) is 1. The maximum absolute atomic E-state index is 11.4. The van der Waals surface area contributed by atoms with E-state index in [-0.39, 0.29) is 6.09 Å². The summed E-state index contributed by atoms with van der Waals surface area (Å²) in [4.78, 5) is 11.4. The Morgan fingerprint density at radius 2 is 2.07 bits per heavy atom. The van der Waals surface area contributed by atoms with E-state index < -0.39 is 5.60 Å². The number of rotatable bonds is 1. The fourth-order valence-electron chi connectivity index (χ4n) is 1.53. The van der Waals surface area contributed by atoms with Crippen molar-refractivity contribution in [3.63, 3.8) is 0 Å². The summed E-state index contributed by atoms with van der Waals surface area (Å²) >= 11 is 2.43. The Balaban J connectivity index is 2.27. The Kier molecular flexibility index (Phi) is 4.04. The van der Waals surface area contributed by atoms with Crippen molar-refractivity contribution in [1.82, 2.24) is 5.32 Å². The van der Waals surface area contributed by atoms with Gasteiger partial charge < -0.3 is 10.1 Å². The molecule has 0 aromatic carbocycles. The van der Waals surface area contributed by atoms with Crippen LogP contribution in [-0.4, -0.2) is 21.7 Å². The highest BCUT2D eigenvalue weighted by molar-refractivity contribution is 14.1. The standard InChI is InChI=1S/C10H18INO2/c1-10(2,3)14-9(13)12-8-5-4-7(11)6-8/h7-8H,4-6H2,1-3H3,(H,12,13)/t7-,8-/m0/s1. The summed E-state index contributed by atoms with van der Waals surface area (Å²) in [5, 5.41) is 2.90. The molecule has 1 N–H and O–H groups in total. The average molecular weight is 311 g/mol. The van der Waals surface area contributed by atoms with Gasteiger partial charge in [-0.1, -0.05) is 22.6 Å². The first-order valence-corrected chi connectivity index (χ1v) is 6.25. The highest BCUT2D eigenvalue weighted by Gasteiger charge is 2.25. The summed E-state index contributed by atoms with van der Waals surface area (Å²) in [5.41, 5.74) is -0.396. The molecule has 2 atom stereocenters. The first kappa shape index (κ1) is 12.1. The van der Waals surface area contributed by atoms with Crippen LogP contribution in [0.5, 0.6) is 0 Å². The summed E-state index contributed by atoms with van der Waals surface area (Å²) in [7, 11) is 0. The summed E-state index contributed by atoms with van der Waals surface area (Å²) in [6.45, 7) is 5.63. The molecule has 1 fully saturated rings. The smallest absolute Gasteiger partial charge is 0.407 e. The number of carbonyl (C=O) groups is 1. The van der Waals surface area contributed by atoms with Gasteiger partial charge in [-0.2, -0.15) is 0 Å². The van der Waals surface area contributed by atoms with Crippen molar-refractivity contribution in [3.05, 3.63) is 0 Å². The number of halogens is 1. The molecule has 1 amide bonds. The summed E-state index contributed by atoms with van der Waals surface area (Å²) < 4.78 is 5.88. The lowest BCUT2D eigenvalue weighted by Crippen LogP contribution is -2.37. The van der Waals surface area contributed by atoms with Gasteiger partial charge in [0.1, 0.15) is 5.60 Å². The van der Waals surface area contributed by atoms with Gasteiger partial charge in [0.15, 0.2) is 0 Å². The lowest BCUT2D eigenvalue weighted by molar-refractivity contribution is 0.0506. The molecule has 82 valence electrons. The molecule has 14 heavy (non-hydrogen) atoms. The molecule has 0 aromatic rings. The van der Waals surface area contributed by atoms with Crippen LogP contribution in [0.25, 0.3) is 0 Å². The third-order valence-electron chi connectivity index (χ3n) is 2.09. The van der Waals surface area contributed by atoms with Gasteiger partial charge in [-0.15, -0.1) is 0 Å². The van der Waals surface area contributed by atoms with Gasteiger partial charge in [0.2, 0.25) is 0 Å². The second-order valence-electron chi connectivity index (χ2n) is 4.75. The van der Waals surface area contributed by atoms with Gasteiger partial charge in [-0.05, 0) is 40.0 Å². The number of hydrogen-bond donors (Lipinski definition) is 1. The fraction of sp³-hybridized carbons (Fsp3) is 0.900. The molecule has 1 saturated carbocycles. The van der Waals surface area contributed by atoms with Crippen LogP contribution in [0.1, 0.15) is 40.0 Å². The highest BCUT2D eigenvalue weighted by Crippen LogP contribution is 2.25. The predicted octanol–water partition coefficient (Wildman–Crippen LogP) is 2.87. The monoisotopic (exact) mass is 311 g/mol. The molecule has 0 aliphatic heterocycles. The van der Waals surface area contributed by atoms with E-state index in [1.807, 2.05) is 20.8 Å². The minimum atomic E-state index is -0.396. The van der Waals surface area contributed by atoms with Crippen LogP contribution in [0.4, 0.5) is 4.79 Å². The second kappa shape index (κ2) is 4.68. The molecule has 0 spiro atoms. The Bertz CT molecular complexity index is 213. The second-order valence-corrected chi connectivity index (χ2v) is 6.52. The lowest BCUT2D eigenvalue weighted by Gasteiger charge is -2.21. The maximum Gasteiger partial charge on any atom is 0.407 e. The van der Waals surface area contributed by atoms with E-state index in [1.54, 1.807) is 0 Å². The molecular weight excluding hydrogens is 293 g/mol. The Hall–Kier alpha value is 0. The first-order chi connectivity index (χ1) is 6.37. The molecular formula is C10H18INO2. The van der Waals surface area contributed by atoms with Crippen LogP contribution in [0, 0.1) is 0 Å². The minimum Gasteiger partial charge on any atom is -0.444 e. The average Bonchev–Trinajstić information content (AvgIpc) is 2.30. The topological polar surface area (TPSA) is 38.3 Å². The molecule has 1 aliphatic rings. The van der Waals surface area contributed by atoms with Crippen LogP contribution in [0.3, 0.4) is 0 Å². The number of nitrogens with one attached hydrogen (secondary N) is 1. The molecule has 0 saturated heterocycles. The predicted molar refractivity (Wildman–Crippen MR) is 64.8 cm³/mol. The summed E-state index contributed by atoms with van der Waals surface area (Å²) in [5.74, 6) is 0. The highest BCUT2D eigenvalue weighted by atomic mass is 127. The van der Waals surface area contributed by atoms with Crippen molar-refractivity contribution in [2.75, 3.05) is 0 Å². The van der Waals surface area contributed by atoms with Gasteiger partial charge in [0, 0.05) is 9.97 Å². The molecule has 0 unspecified atom stereocenters. The van der Waals surface area contributed by atoms with E-state index in [4.69, 9.17) is 4.74 Å². The molecule has 4 heteroatoms. The first-order valence-electron chi connectivity index (χ1n) is 5.00. The zero-order valence-electron chi connectivity index (χ0n) is 8.97. The van der Waals surface area contributed by atoms with Crippen LogP contribution in [0.2, 0.25) is 0 Å². The molecule has 1 rings (SSSR count). The van der Waals surface area contributed by atoms with Crippen LogP contribution in [0.15, 0.2) is 0 Å². The number of alkyl halides is 1. The van der Waals surface area contributed by atoms with Crippen molar-refractivity contribution in [2.24, 2.45) is 0 Å². The summed E-state index contributed by atoms with van der Waals surface area (Å²) in [6.07, 6.45) is 3.06. The molecule has 1 aliphatic carbocycles. The molecule has 0 bridgehead atoms. The van der Waals surface area contributed by atoms with Crippen molar-refractivity contribution < 1.29 is 9.53 Å². The van der Waals surface area contributed by atoms with Crippen molar-refractivity contribution in [2.45, 2.75) is 55.6 Å². The van der Waals surface area contributed by atoms with E-state index in [0.29, 0.717) is 9.97 Å². The third-order valence-corrected chi connectivity index (χ3v) is 3.22. The molecule has 3 nitrogen and oxygen atoms in total. The van der Waals surface area contributed by atoms with Gasteiger partial charge in [-0.3, -0.25) is 0 Å². The zero-order valence-corrected chi connectivity index (χ0v) is 11.1. The van der Waals surface area contributed by atoms with E-state index >= 15 is 0 Å². The number of amides is 1. The Morgan fingerprint density at radius 3 is 2.50 bits per heavy atom. The number of carbonyl (C=O) groups excluding carboxylic acids is 1. The van der Waals surface area contributed by atoms with Gasteiger partial charge >= 0.3 is 6.09 Å². The Labute approximate surface area is 99.1 Å². The SMILES string of the molecule is CC(C)(C)OC(=O)N[C@H]1CC[C@H](I)C1. The third kappa shape index (κ3) is 4.48. The van der Waals surface area contributed by atoms with Gasteiger partial charge in [0.25, 0.3) is 0 Å². The van der Waals surface area contributed by atoms with Crippen LogP contribution < -0.4 is 5.32 Å².